The van der Waals surface area contributed by atoms with E-state index in [-0.39, 0.29) is 18.9 Å². The number of amides is 1. The molecule has 3 aliphatic rings. The lowest BCUT2D eigenvalue weighted by atomic mass is 9.96. The van der Waals surface area contributed by atoms with Crippen molar-refractivity contribution in [1.29, 1.82) is 0 Å². The molecule has 0 aromatic carbocycles. The molecule has 0 aliphatic carbocycles. The van der Waals surface area contributed by atoms with E-state index in [1.54, 1.807) is 6.08 Å². The minimum atomic E-state index is -1.98. The average Bonchev–Trinajstić information content (AvgIpc) is 3.45. The van der Waals surface area contributed by atoms with Crippen LogP contribution in [0, 0.1) is 0 Å². The van der Waals surface area contributed by atoms with Gasteiger partial charge in [0.15, 0.2) is 18.9 Å². The normalized spacial score (nSPS) is 30.4. The van der Waals surface area contributed by atoms with Crippen molar-refractivity contribution >= 4 is 5.91 Å². The zero-order valence-corrected chi connectivity index (χ0v) is 48.4. The molecule has 3 heterocycles. The maximum atomic E-state index is 13.3. The van der Waals surface area contributed by atoms with Gasteiger partial charge in [-0.05, 0) is 44.9 Å². The summed E-state index contributed by atoms with van der Waals surface area (Å²) in [6.45, 7) is 1.72. The Morgan fingerprint density at radius 3 is 1.23 bits per heavy atom. The van der Waals surface area contributed by atoms with Crippen LogP contribution in [0.1, 0.15) is 219 Å². The molecule has 0 bridgehead atoms. The molecule has 3 fully saturated rings. The quantitative estimate of drug-likeness (QED) is 0.0248. The largest absolute Gasteiger partial charge is 0.394 e. The Kier molecular flexibility index (Phi) is 39.7. The van der Waals surface area contributed by atoms with Crippen LogP contribution < -0.4 is 5.32 Å². The van der Waals surface area contributed by atoms with E-state index in [0.29, 0.717) is 6.42 Å². The summed E-state index contributed by atoms with van der Waals surface area (Å²) in [7, 11) is 0. The van der Waals surface area contributed by atoms with Gasteiger partial charge >= 0.3 is 0 Å². The fraction of sp³-hybridized carbons (Fsp3) is 0.917. The van der Waals surface area contributed by atoms with Gasteiger partial charge in [0.2, 0.25) is 5.91 Å². The minimum absolute atomic E-state index is 0.244. The van der Waals surface area contributed by atoms with Crippen LogP contribution in [0.25, 0.3) is 0 Å². The van der Waals surface area contributed by atoms with Gasteiger partial charge in [0.1, 0.15) is 73.2 Å². The van der Waals surface area contributed by atoms with Gasteiger partial charge in [0.05, 0.1) is 38.6 Å². The zero-order chi connectivity index (χ0) is 57.6. The van der Waals surface area contributed by atoms with Gasteiger partial charge < -0.3 is 89.9 Å². The molecule has 19 nitrogen and oxygen atoms in total. The van der Waals surface area contributed by atoms with Crippen molar-refractivity contribution in [1.82, 2.24) is 5.32 Å². The fourth-order valence-electron chi connectivity index (χ4n) is 10.6. The summed E-state index contributed by atoms with van der Waals surface area (Å²) >= 11 is 0. The smallest absolute Gasteiger partial charge is 0.220 e. The maximum Gasteiger partial charge on any atom is 0.220 e. The summed E-state index contributed by atoms with van der Waals surface area (Å²) < 4.78 is 34.2. The van der Waals surface area contributed by atoms with Crippen molar-refractivity contribution in [3.63, 3.8) is 0 Å². The topological polar surface area (TPSA) is 307 Å². The molecular weight excluding hydrogens is 1020 g/mol. The highest BCUT2D eigenvalue weighted by atomic mass is 16.8. The van der Waals surface area contributed by atoms with Crippen molar-refractivity contribution in [3.05, 3.63) is 24.3 Å². The highest BCUT2D eigenvalue weighted by molar-refractivity contribution is 5.76. The number of aliphatic hydroxyl groups is 11. The predicted molar refractivity (Wildman–Crippen MR) is 300 cm³/mol. The maximum absolute atomic E-state index is 13.3. The molecule has 19 heteroatoms. The van der Waals surface area contributed by atoms with Crippen LogP contribution in [0.15, 0.2) is 24.3 Å². The molecule has 3 saturated heterocycles. The molecule has 0 saturated carbocycles. The third-order valence-electron chi connectivity index (χ3n) is 15.7. The highest BCUT2D eigenvalue weighted by Crippen LogP contribution is 2.33. The van der Waals surface area contributed by atoms with Crippen LogP contribution >= 0.6 is 0 Å². The number of hydrogen-bond acceptors (Lipinski definition) is 18. The summed E-state index contributed by atoms with van der Waals surface area (Å²) in [6, 6.07) is -0.970. The first-order chi connectivity index (χ1) is 38.3. The summed E-state index contributed by atoms with van der Waals surface area (Å²) in [5, 5.41) is 120. The lowest BCUT2D eigenvalue weighted by molar-refractivity contribution is -0.379. The predicted octanol–water partition coefficient (Wildman–Crippen LogP) is 5.93. The second-order valence-electron chi connectivity index (χ2n) is 22.5. The number of carbonyl (C=O) groups is 1. The first-order valence-corrected chi connectivity index (χ1v) is 31.1. The fourth-order valence-corrected chi connectivity index (χ4v) is 10.6. The number of rotatable bonds is 46. The van der Waals surface area contributed by atoms with E-state index in [1.165, 1.54) is 148 Å². The minimum Gasteiger partial charge on any atom is -0.394 e. The zero-order valence-electron chi connectivity index (χ0n) is 48.4. The van der Waals surface area contributed by atoms with Gasteiger partial charge in [-0.15, -0.1) is 0 Å². The Bertz CT molecular complexity index is 1540. The van der Waals surface area contributed by atoms with E-state index >= 15 is 0 Å². The first-order valence-electron chi connectivity index (χ1n) is 31.1. The van der Waals surface area contributed by atoms with Gasteiger partial charge in [-0.1, -0.05) is 192 Å². The number of aliphatic hydroxyl groups excluding tert-OH is 11. The number of nitrogens with one attached hydrogen (secondary N) is 1. The summed E-state index contributed by atoms with van der Waals surface area (Å²) in [5.74, 6) is -0.276. The van der Waals surface area contributed by atoms with Crippen LogP contribution in [0.5, 0.6) is 0 Å². The lowest BCUT2D eigenvalue weighted by Crippen LogP contribution is -2.66. The first kappa shape index (κ1) is 71.5. The Morgan fingerprint density at radius 1 is 0.443 bits per heavy atom. The van der Waals surface area contributed by atoms with Crippen LogP contribution in [0.4, 0.5) is 0 Å². The summed E-state index contributed by atoms with van der Waals surface area (Å²) in [6.07, 6.45) is 18.7. The number of carbonyl (C=O) groups excluding carboxylic acids is 1. The number of ether oxygens (including phenoxy) is 6. The van der Waals surface area contributed by atoms with Crippen molar-refractivity contribution in [2.24, 2.45) is 0 Å². The highest BCUT2D eigenvalue weighted by Gasteiger charge is 2.53. The SMILES string of the molecule is CCCCCCCC/C=C\CCCCCCCCCCCCCC(=O)N[C@@H](CO[C@@H]1O[C@H](CO)[C@@H](O[C@@H]2O[C@H](CO)[C@H](O[C@@H]3O[C@H](CO)[C@H](O)[C@H](O)[C@H]3O)[C@H](O)[C@H]2O)[C@H](O)[C@H]1O)[C@H](O)/C=C/CCCCCCCCCCCCC. The van der Waals surface area contributed by atoms with E-state index in [0.717, 1.165) is 44.9 Å². The van der Waals surface area contributed by atoms with Crippen molar-refractivity contribution in [2.75, 3.05) is 26.4 Å². The average molecular weight is 1130 g/mol. The molecule has 3 rings (SSSR count). The number of hydrogen-bond donors (Lipinski definition) is 12. The van der Waals surface area contributed by atoms with Gasteiger partial charge in [0, 0.05) is 6.42 Å². The molecule has 0 aromatic heterocycles. The van der Waals surface area contributed by atoms with E-state index in [2.05, 4.69) is 31.3 Å². The Balaban J connectivity index is 1.47. The second kappa shape index (κ2) is 43.8. The van der Waals surface area contributed by atoms with Crippen LogP contribution in [0.3, 0.4) is 0 Å². The molecule has 0 spiro atoms. The molecule has 1 amide bonds. The molecule has 3 aliphatic heterocycles. The Morgan fingerprint density at radius 2 is 0.797 bits per heavy atom. The lowest BCUT2D eigenvalue weighted by Gasteiger charge is -2.48. The molecule has 0 aromatic rings. The third-order valence-corrected chi connectivity index (χ3v) is 15.7. The van der Waals surface area contributed by atoms with E-state index in [4.69, 9.17) is 28.4 Å². The van der Waals surface area contributed by atoms with Crippen LogP contribution in [-0.2, 0) is 33.2 Å². The van der Waals surface area contributed by atoms with E-state index < -0.39 is 124 Å². The summed E-state index contributed by atoms with van der Waals surface area (Å²) in [5.41, 5.74) is 0. The Labute approximate surface area is 473 Å². The van der Waals surface area contributed by atoms with E-state index in [1.807, 2.05) is 6.08 Å². The molecular formula is C60H111NO18. The van der Waals surface area contributed by atoms with Gasteiger partial charge in [-0.25, -0.2) is 0 Å². The standard InChI is InChI=1S/C60H111NO18/c1-3-5-7-9-11-13-15-17-18-19-20-21-22-23-24-26-28-30-32-34-36-38-48(66)61-43(44(65)37-35-33-31-29-27-25-16-14-12-10-8-6-4-2)42-74-58-54(72)51(69)56(46(40-63)76-58)79-60-55(73)52(70)57(47(41-64)77-60)78-59-53(71)50(68)49(67)45(39-62)75-59/h17-18,35,37,43-47,49-60,62-65,67-73H,3-16,19-34,36,38-42H2,1-2H3,(H,61,66)/b18-17-,37-35+/t43-,44+,45+,46+,47+,49-,50-,51+,52+,53+,54+,55+,56+,57-,58+,59-,60-/m0/s1. The third kappa shape index (κ3) is 27.7. The van der Waals surface area contributed by atoms with Gasteiger partial charge in [-0.2, -0.15) is 0 Å². The van der Waals surface area contributed by atoms with Gasteiger partial charge in [0.25, 0.3) is 0 Å². The van der Waals surface area contributed by atoms with Gasteiger partial charge in [-0.3, -0.25) is 4.79 Å². The molecule has 79 heavy (non-hydrogen) atoms. The summed E-state index contributed by atoms with van der Waals surface area (Å²) in [4.78, 5) is 13.3. The number of unbranched alkanes of at least 4 members (excludes halogenated alkanes) is 28. The van der Waals surface area contributed by atoms with Crippen molar-refractivity contribution in [2.45, 2.75) is 324 Å². The molecule has 0 unspecified atom stereocenters. The monoisotopic (exact) mass is 1130 g/mol. The molecule has 464 valence electrons. The van der Waals surface area contributed by atoms with E-state index in [9.17, 15) is 61.0 Å². The Hall–Kier alpha value is -1.73. The van der Waals surface area contributed by atoms with Crippen molar-refractivity contribution in [3.8, 4) is 0 Å². The van der Waals surface area contributed by atoms with Crippen LogP contribution in [0.2, 0.25) is 0 Å². The van der Waals surface area contributed by atoms with Crippen molar-refractivity contribution < 1.29 is 89.4 Å². The second-order valence-corrected chi connectivity index (χ2v) is 22.5. The van der Waals surface area contributed by atoms with Crippen LogP contribution in [-0.4, -0.2) is 193 Å². The molecule has 17 atom stereocenters. The molecule has 0 radical (unpaired) electrons. The molecule has 12 N–H and O–H groups in total. The number of allylic oxidation sites excluding steroid dienone is 3.